The normalized spacial score (nSPS) is 9.82. The van der Waals surface area contributed by atoms with Crippen molar-refractivity contribution in [1.82, 2.24) is 0 Å². The van der Waals surface area contributed by atoms with Crippen LogP contribution in [0.15, 0.2) is 18.2 Å². The van der Waals surface area contributed by atoms with E-state index in [1.165, 1.54) is 14.6 Å². The second-order valence-electron chi connectivity index (χ2n) is 2.60. The highest BCUT2D eigenvalue weighted by Gasteiger charge is 1.97. The van der Waals surface area contributed by atoms with Gasteiger partial charge in [-0.05, 0) is 46.1 Å². The lowest BCUT2D eigenvalue weighted by atomic mass is 10.3. The first kappa shape index (κ1) is 9.27. The van der Waals surface area contributed by atoms with Crippen LogP contribution in [-0.4, -0.2) is 14.1 Å². The largest absolute Gasteiger partial charge is 0.378 e. The third-order valence-corrected chi connectivity index (χ3v) is 3.54. The van der Waals surface area contributed by atoms with Gasteiger partial charge in [-0.15, -0.1) is 9.24 Å². The van der Waals surface area contributed by atoms with Crippen molar-refractivity contribution in [2.24, 2.45) is 0 Å². The van der Waals surface area contributed by atoms with Gasteiger partial charge in [-0.3, -0.25) is 0 Å². The molecule has 0 radical (unpaired) electrons. The Kier molecular flexibility index (Phi) is 3.14. The van der Waals surface area contributed by atoms with Crippen molar-refractivity contribution in [3.63, 3.8) is 0 Å². The van der Waals surface area contributed by atoms with Crippen molar-refractivity contribution >= 4 is 42.8 Å². The molecule has 1 unspecified atom stereocenters. The molecule has 0 spiro atoms. The fraction of sp³-hybridized carbons (Fsp3) is 0.250. The summed E-state index contributed by atoms with van der Waals surface area (Å²) in [5, 5.41) is 1.26. The van der Waals surface area contributed by atoms with Crippen LogP contribution in [0.25, 0.3) is 0 Å². The molecule has 0 aliphatic heterocycles. The molecule has 3 heteroatoms. The molecule has 0 bridgehead atoms. The summed E-state index contributed by atoms with van der Waals surface area (Å²) >= 11 is 2.33. The van der Waals surface area contributed by atoms with Crippen LogP contribution < -0.4 is 10.2 Å². The van der Waals surface area contributed by atoms with Crippen molar-refractivity contribution in [1.29, 1.82) is 0 Å². The molecule has 0 aliphatic rings. The molecule has 60 valence electrons. The summed E-state index contributed by atoms with van der Waals surface area (Å²) in [5.74, 6) is 0. The van der Waals surface area contributed by atoms with Gasteiger partial charge in [-0.2, -0.15) is 0 Å². The van der Waals surface area contributed by atoms with Crippen LogP contribution in [0.2, 0.25) is 0 Å². The predicted molar refractivity (Wildman–Crippen MR) is 62.8 cm³/mol. The predicted octanol–water partition coefficient (Wildman–Crippen LogP) is 1.86. The van der Waals surface area contributed by atoms with Crippen molar-refractivity contribution in [3.8, 4) is 0 Å². The molecule has 0 saturated heterocycles. The minimum Gasteiger partial charge on any atom is -0.378 e. The van der Waals surface area contributed by atoms with Gasteiger partial charge in [-0.1, -0.05) is 0 Å². The molecular weight excluding hydrogens is 268 g/mol. The van der Waals surface area contributed by atoms with E-state index in [1.54, 1.807) is 0 Å². The van der Waals surface area contributed by atoms with E-state index in [1.807, 2.05) is 14.1 Å². The van der Waals surface area contributed by atoms with Crippen molar-refractivity contribution in [3.05, 3.63) is 21.8 Å². The Morgan fingerprint density at radius 3 is 2.45 bits per heavy atom. The maximum absolute atomic E-state index is 2.73. The molecule has 0 aromatic heterocycles. The summed E-state index contributed by atoms with van der Waals surface area (Å²) in [5.41, 5.74) is 1.25. The Labute approximate surface area is 83.5 Å². The van der Waals surface area contributed by atoms with Gasteiger partial charge >= 0.3 is 0 Å². The Bertz CT molecular complexity index is 260. The zero-order chi connectivity index (χ0) is 8.43. The Morgan fingerprint density at radius 2 is 2.00 bits per heavy atom. The number of benzene rings is 1. The van der Waals surface area contributed by atoms with Gasteiger partial charge in [0.05, 0.1) is 0 Å². The summed E-state index contributed by atoms with van der Waals surface area (Å²) in [6.07, 6.45) is 0. The number of hydrogen-bond donors (Lipinski definition) is 0. The van der Waals surface area contributed by atoms with E-state index >= 15 is 0 Å². The number of hydrogen-bond acceptors (Lipinski definition) is 1. The summed E-state index contributed by atoms with van der Waals surface area (Å²) in [6.45, 7) is 0. The van der Waals surface area contributed by atoms with E-state index < -0.39 is 0 Å². The molecule has 0 amide bonds. The highest BCUT2D eigenvalue weighted by Crippen LogP contribution is 2.13. The first-order valence-electron chi connectivity index (χ1n) is 3.33. The lowest BCUT2D eigenvalue weighted by molar-refractivity contribution is 1.13. The maximum atomic E-state index is 2.73. The molecule has 11 heavy (non-hydrogen) atoms. The van der Waals surface area contributed by atoms with E-state index in [-0.39, 0.29) is 0 Å². The van der Waals surface area contributed by atoms with Crippen LogP contribution in [0.1, 0.15) is 0 Å². The third-order valence-electron chi connectivity index (χ3n) is 1.50. The minimum atomic E-state index is 1.25. The van der Waals surface area contributed by atoms with Crippen LogP contribution in [0, 0.1) is 3.57 Å². The van der Waals surface area contributed by atoms with Crippen LogP contribution >= 0.6 is 31.8 Å². The standard InChI is InChI=1S/C8H11INP/c1-10(2)6-3-4-7(9)8(11)5-6/h3-5H,11H2,1-2H3. The number of anilines is 1. The molecule has 1 rings (SSSR count). The third kappa shape index (κ3) is 2.31. The first-order chi connectivity index (χ1) is 5.11. The van der Waals surface area contributed by atoms with Gasteiger partial charge in [0.1, 0.15) is 0 Å². The van der Waals surface area contributed by atoms with Gasteiger partial charge in [0.15, 0.2) is 0 Å². The molecule has 0 aliphatic carbocycles. The molecule has 1 aromatic carbocycles. The fourth-order valence-electron chi connectivity index (χ4n) is 0.809. The van der Waals surface area contributed by atoms with Crippen molar-refractivity contribution in [2.45, 2.75) is 0 Å². The smallest absolute Gasteiger partial charge is 0.0367 e. The molecular formula is C8H11INP. The van der Waals surface area contributed by atoms with Gasteiger partial charge in [0.25, 0.3) is 0 Å². The van der Waals surface area contributed by atoms with Gasteiger partial charge in [-0.25, -0.2) is 0 Å². The fourth-order valence-corrected chi connectivity index (χ4v) is 1.41. The first-order valence-corrected chi connectivity index (χ1v) is 4.99. The SMILES string of the molecule is CN(C)c1ccc(I)c(P)c1. The minimum absolute atomic E-state index is 1.25. The summed E-state index contributed by atoms with van der Waals surface area (Å²) in [7, 11) is 6.83. The molecule has 0 N–H and O–H groups in total. The van der Waals surface area contributed by atoms with Gasteiger partial charge < -0.3 is 4.90 Å². The van der Waals surface area contributed by atoms with Crippen LogP contribution in [0.5, 0.6) is 0 Å². The molecule has 1 aromatic rings. The molecule has 0 fully saturated rings. The van der Waals surface area contributed by atoms with E-state index in [0.29, 0.717) is 0 Å². The van der Waals surface area contributed by atoms with Gasteiger partial charge in [0, 0.05) is 23.4 Å². The summed E-state index contributed by atoms with van der Waals surface area (Å²) in [4.78, 5) is 2.10. The quantitative estimate of drug-likeness (QED) is 0.560. The molecule has 0 saturated carbocycles. The van der Waals surface area contributed by atoms with E-state index in [0.717, 1.165) is 0 Å². The Morgan fingerprint density at radius 1 is 1.36 bits per heavy atom. The maximum Gasteiger partial charge on any atom is 0.0367 e. The van der Waals surface area contributed by atoms with Crippen molar-refractivity contribution < 1.29 is 0 Å². The van der Waals surface area contributed by atoms with Crippen LogP contribution in [-0.2, 0) is 0 Å². The van der Waals surface area contributed by atoms with Crippen LogP contribution in [0.4, 0.5) is 5.69 Å². The average Bonchev–Trinajstić information content (AvgIpc) is 1.94. The highest BCUT2D eigenvalue weighted by atomic mass is 127. The lowest BCUT2D eigenvalue weighted by Gasteiger charge is -2.13. The number of nitrogens with zero attached hydrogens (tertiary/aromatic N) is 1. The molecule has 0 heterocycles. The number of halogens is 1. The molecule has 1 atom stereocenters. The lowest BCUT2D eigenvalue weighted by Crippen LogP contribution is -2.11. The Hall–Kier alpha value is 0.180. The van der Waals surface area contributed by atoms with E-state index in [9.17, 15) is 0 Å². The zero-order valence-electron chi connectivity index (χ0n) is 6.63. The zero-order valence-corrected chi connectivity index (χ0v) is 9.95. The second-order valence-corrected chi connectivity index (χ2v) is 4.38. The highest BCUT2D eigenvalue weighted by molar-refractivity contribution is 14.1. The summed E-state index contributed by atoms with van der Waals surface area (Å²) in [6, 6.07) is 6.40. The topological polar surface area (TPSA) is 3.24 Å². The van der Waals surface area contributed by atoms with Crippen molar-refractivity contribution in [2.75, 3.05) is 19.0 Å². The van der Waals surface area contributed by atoms with Gasteiger partial charge in [0.2, 0.25) is 0 Å². The van der Waals surface area contributed by atoms with E-state index in [2.05, 4.69) is 54.9 Å². The Balaban J connectivity index is 3.05. The monoisotopic (exact) mass is 279 g/mol. The number of rotatable bonds is 1. The van der Waals surface area contributed by atoms with E-state index in [4.69, 9.17) is 0 Å². The summed E-state index contributed by atoms with van der Waals surface area (Å²) < 4.78 is 1.29. The second kappa shape index (κ2) is 3.72. The van der Waals surface area contributed by atoms with Crippen LogP contribution in [0.3, 0.4) is 0 Å². The molecule has 1 nitrogen and oxygen atoms in total. The average molecular weight is 279 g/mol.